The lowest BCUT2D eigenvalue weighted by Gasteiger charge is -2.32. The molecule has 0 amide bonds. The summed E-state index contributed by atoms with van der Waals surface area (Å²) in [4.78, 5) is 4.73. The third-order valence-electron chi connectivity index (χ3n) is 4.22. The Morgan fingerprint density at radius 1 is 1.25 bits per heavy atom. The molecule has 0 unspecified atom stereocenters. The lowest BCUT2D eigenvalue weighted by Crippen LogP contribution is -2.32. The van der Waals surface area contributed by atoms with Gasteiger partial charge in [-0.3, -0.25) is 4.99 Å². The third-order valence-corrected chi connectivity index (χ3v) is 5.36. The standard InChI is InChI=1S/C15H18F2N2S/c1-10-5-7-15(8-6-10)9-20-14(19-15)18-13-11(16)3-2-4-12(13)17/h2-4,10H,5-9H2,1H3,(H,18,19). The molecule has 1 N–H and O–H groups in total. The molecule has 1 aromatic carbocycles. The van der Waals surface area contributed by atoms with Crippen molar-refractivity contribution < 1.29 is 8.78 Å². The predicted molar refractivity (Wildman–Crippen MR) is 80.2 cm³/mol. The fourth-order valence-electron chi connectivity index (χ4n) is 2.83. The van der Waals surface area contributed by atoms with Crippen molar-refractivity contribution in [1.29, 1.82) is 0 Å². The number of rotatable bonds is 1. The minimum Gasteiger partial charge on any atom is -0.330 e. The van der Waals surface area contributed by atoms with Crippen LogP contribution in [0.5, 0.6) is 0 Å². The van der Waals surface area contributed by atoms with Crippen LogP contribution in [0.25, 0.3) is 0 Å². The number of thioether (sulfide) groups is 1. The van der Waals surface area contributed by atoms with Crippen LogP contribution in [0.4, 0.5) is 14.5 Å². The highest BCUT2D eigenvalue weighted by Crippen LogP contribution is 2.41. The molecule has 1 aliphatic carbocycles. The summed E-state index contributed by atoms with van der Waals surface area (Å²) in [5.41, 5.74) is -0.110. The maximum absolute atomic E-state index is 13.6. The van der Waals surface area contributed by atoms with Crippen LogP contribution in [0.2, 0.25) is 0 Å². The van der Waals surface area contributed by atoms with Crippen molar-refractivity contribution in [2.24, 2.45) is 10.9 Å². The summed E-state index contributed by atoms with van der Waals surface area (Å²) in [6.07, 6.45) is 4.52. The number of benzene rings is 1. The van der Waals surface area contributed by atoms with E-state index in [1.807, 2.05) is 0 Å². The molecule has 0 radical (unpaired) electrons. The van der Waals surface area contributed by atoms with E-state index < -0.39 is 11.6 Å². The fourth-order valence-corrected chi connectivity index (χ4v) is 4.02. The van der Waals surface area contributed by atoms with E-state index in [0.717, 1.165) is 24.5 Å². The van der Waals surface area contributed by atoms with Gasteiger partial charge in [0, 0.05) is 5.75 Å². The zero-order chi connectivity index (χ0) is 14.2. The van der Waals surface area contributed by atoms with E-state index in [1.165, 1.54) is 31.0 Å². The molecule has 2 nitrogen and oxygen atoms in total. The van der Waals surface area contributed by atoms with Crippen LogP contribution in [0.1, 0.15) is 32.6 Å². The van der Waals surface area contributed by atoms with Crippen LogP contribution in [-0.4, -0.2) is 16.5 Å². The Kier molecular flexibility index (Phi) is 3.71. The topological polar surface area (TPSA) is 24.4 Å². The summed E-state index contributed by atoms with van der Waals surface area (Å²) in [7, 11) is 0. The third kappa shape index (κ3) is 2.68. The Hall–Kier alpha value is -1.10. The zero-order valence-electron chi connectivity index (χ0n) is 11.5. The molecule has 1 aliphatic heterocycles. The van der Waals surface area contributed by atoms with Gasteiger partial charge in [0.1, 0.15) is 17.3 Å². The first-order valence-electron chi connectivity index (χ1n) is 7.02. The van der Waals surface area contributed by atoms with Crippen molar-refractivity contribution in [3.8, 4) is 0 Å². The minimum absolute atomic E-state index is 0.0127. The molecule has 1 fully saturated rings. The highest BCUT2D eigenvalue weighted by molar-refractivity contribution is 8.14. The molecule has 2 aliphatic rings. The maximum atomic E-state index is 13.6. The zero-order valence-corrected chi connectivity index (χ0v) is 12.3. The van der Waals surface area contributed by atoms with Gasteiger partial charge < -0.3 is 5.32 Å². The molecule has 5 heteroatoms. The summed E-state index contributed by atoms with van der Waals surface area (Å²) in [6, 6.07) is 3.87. The van der Waals surface area contributed by atoms with E-state index in [2.05, 4.69) is 12.2 Å². The maximum Gasteiger partial charge on any atom is 0.161 e. The summed E-state index contributed by atoms with van der Waals surface area (Å²) in [6.45, 7) is 2.27. The van der Waals surface area contributed by atoms with Gasteiger partial charge in [-0.25, -0.2) is 8.78 Å². The second-order valence-electron chi connectivity index (χ2n) is 5.83. The molecule has 1 aromatic rings. The summed E-state index contributed by atoms with van der Waals surface area (Å²) < 4.78 is 27.2. The van der Waals surface area contributed by atoms with Gasteiger partial charge in [-0.1, -0.05) is 24.8 Å². The Balaban J connectivity index is 1.76. The first kappa shape index (κ1) is 13.9. The van der Waals surface area contributed by atoms with Gasteiger partial charge in [0.2, 0.25) is 0 Å². The van der Waals surface area contributed by atoms with E-state index in [9.17, 15) is 8.78 Å². The van der Waals surface area contributed by atoms with Crippen molar-refractivity contribution in [2.45, 2.75) is 38.1 Å². The van der Waals surface area contributed by atoms with Crippen molar-refractivity contribution >= 4 is 22.6 Å². The molecule has 0 aromatic heterocycles. The quantitative estimate of drug-likeness (QED) is 0.829. The molecule has 3 rings (SSSR count). The molecule has 20 heavy (non-hydrogen) atoms. The van der Waals surface area contributed by atoms with Crippen molar-refractivity contribution in [3.63, 3.8) is 0 Å². The molecule has 1 saturated carbocycles. The van der Waals surface area contributed by atoms with Crippen LogP contribution in [0, 0.1) is 17.6 Å². The first-order valence-corrected chi connectivity index (χ1v) is 8.00. The van der Waals surface area contributed by atoms with E-state index in [1.54, 1.807) is 11.8 Å². The number of hydrogen-bond donors (Lipinski definition) is 1. The van der Waals surface area contributed by atoms with Crippen LogP contribution in [-0.2, 0) is 0 Å². The Bertz CT molecular complexity index is 516. The Morgan fingerprint density at radius 3 is 2.55 bits per heavy atom. The largest absolute Gasteiger partial charge is 0.330 e. The number of hydrogen-bond acceptors (Lipinski definition) is 3. The minimum atomic E-state index is -0.577. The van der Waals surface area contributed by atoms with Crippen molar-refractivity contribution in [2.75, 3.05) is 11.1 Å². The number of para-hydroxylation sites is 1. The number of aliphatic imine (C=N–C) groups is 1. The predicted octanol–water partition coefficient (Wildman–Crippen LogP) is 4.43. The van der Waals surface area contributed by atoms with E-state index >= 15 is 0 Å². The smallest absolute Gasteiger partial charge is 0.161 e. The average Bonchev–Trinajstić information content (AvgIpc) is 2.81. The van der Waals surface area contributed by atoms with Crippen LogP contribution < -0.4 is 5.32 Å². The van der Waals surface area contributed by atoms with Gasteiger partial charge in [-0.15, -0.1) is 0 Å². The van der Waals surface area contributed by atoms with E-state index in [-0.39, 0.29) is 11.2 Å². The second-order valence-corrected chi connectivity index (χ2v) is 6.80. The van der Waals surface area contributed by atoms with Crippen molar-refractivity contribution in [1.82, 2.24) is 0 Å². The highest BCUT2D eigenvalue weighted by atomic mass is 32.2. The molecular weight excluding hydrogens is 278 g/mol. The normalized spacial score (nSPS) is 29.6. The van der Waals surface area contributed by atoms with Gasteiger partial charge in [0.05, 0.1) is 5.54 Å². The number of halogens is 2. The van der Waals surface area contributed by atoms with Gasteiger partial charge in [0.25, 0.3) is 0 Å². The number of nitrogens with zero attached hydrogens (tertiary/aromatic N) is 1. The first-order chi connectivity index (χ1) is 9.58. The lowest BCUT2D eigenvalue weighted by atomic mass is 9.79. The molecule has 108 valence electrons. The van der Waals surface area contributed by atoms with E-state index in [0.29, 0.717) is 5.17 Å². The molecule has 0 atom stereocenters. The van der Waals surface area contributed by atoms with Gasteiger partial charge >= 0.3 is 0 Å². The Morgan fingerprint density at radius 2 is 1.90 bits per heavy atom. The second kappa shape index (κ2) is 5.35. The number of anilines is 1. The van der Waals surface area contributed by atoms with Gasteiger partial charge in [0.15, 0.2) is 5.17 Å². The average molecular weight is 296 g/mol. The van der Waals surface area contributed by atoms with Crippen molar-refractivity contribution in [3.05, 3.63) is 29.8 Å². The molecule has 0 bridgehead atoms. The number of nitrogens with one attached hydrogen (secondary N) is 1. The van der Waals surface area contributed by atoms with E-state index in [4.69, 9.17) is 4.99 Å². The molecule has 1 spiro atoms. The Labute approximate surface area is 122 Å². The summed E-state index contributed by atoms with van der Waals surface area (Å²) in [5.74, 6) is 0.526. The number of amidine groups is 1. The van der Waals surface area contributed by atoms with Crippen LogP contribution in [0.3, 0.4) is 0 Å². The van der Waals surface area contributed by atoms with Crippen LogP contribution >= 0.6 is 11.8 Å². The SMILES string of the molecule is CC1CCC2(CC1)CSC(Nc1c(F)cccc1F)=N2. The summed E-state index contributed by atoms with van der Waals surface area (Å²) >= 11 is 1.57. The molecule has 1 heterocycles. The van der Waals surface area contributed by atoms with Gasteiger partial charge in [-0.05, 0) is 43.7 Å². The molecule has 0 saturated heterocycles. The van der Waals surface area contributed by atoms with Gasteiger partial charge in [-0.2, -0.15) is 0 Å². The molecular formula is C15H18F2N2S. The van der Waals surface area contributed by atoms with Crippen LogP contribution in [0.15, 0.2) is 23.2 Å². The monoisotopic (exact) mass is 296 g/mol. The summed E-state index contributed by atoms with van der Waals surface area (Å²) in [5, 5.41) is 3.47. The highest BCUT2D eigenvalue weighted by Gasteiger charge is 2.38. The lowest BCUT2D eigenvalue weighted by molar-refractivity contribution is 0.273. The fraction of sp³-hybridized carbons (Fsp3) is 0.533.